The first-order valence-electron chi connectivity index (χ1n) is 7.04. The molecule has 4 rings (SSSR count). The van der Waals surface area contributed by atoms with Gasteiger partial charge in [0.1, 0.15) is 0 Å². The van der Waals surface area contributed by atoms with Crippen LogP contribution >= 0.6 is 27.3 Å². The molecule has 124 valence electrons. The Kier molecular flexibility index (Phi) is 3.55. The van der Waals surface area contributed by atoms with E-state index in [4.69, 9.17) is 0 Å². The highest BCUT2D eigenvalue weighted by atomic mass is 79.9. The van der Waals surface area contributed by atoms with Gasteiger partial charge in [-0.3, -0.25) is 14.9 Å². The second kappa shape index (κ2) is 5.64. The number of hydrogen-bond acceptors (Lipinski definition) is 6. The molecule has 1 N–H and O–H groups in total. The molecular formula is C16H8BrN3O4S. The first-order chi connectivity index (χ1) is 12.0. The topological polar surface area (TPSA) is 97.7 Å². The maximum absolute atomic E-state index is 12.7. The maximum atomic E-state index is 12.7. The largest absolute Gasteiger partial charge is 0.502 e. The lowest BCUT2D eigenvalue weighted by molar-refractivity contribution is -0.385. The number of nitro benzene ring substituents is 1. The molecule has 25 heavy (non-hydrogen) atoms. The fourth-order valence-electron chi connectivity index (χ4n) is 2.61. The number of aromatic nitrogens is 2. The highest BCUT2D eigenvalue weighted by molar-refractivity contribution is 9.10. The molecule has 7 nitrogen and oxygen atoms in total. The second-order valence-corrected chi connectivity index (χ2v) is 7.18. The average molecular weight is 418 g/mol. The first-order valence-corrected chi connectivity index (χ1v) is 8.65. The number of thiazole rings is 1. The third-order valence-electron chi connectivity index (χ3n) is 3.71. The Morgan fingerprint density at radius 3 is 2.84 bits per heavy atom. The van der Waals surface area contributed by atoms with E-state index >= 15 is 0 Å². The van der Waals surface area contributed by atoms with Crippen LogP contribution in [0.5, 0.6) is 5.75 Å². The summed E-state index contributed by atoms with van der Waals surface area (Å²) >= 11 is 4.34. The van der Waals surface area contributed by atoms with Crippen molar-refractivity contribution in [2.45, 2.75) is 0 Å². The number of para-hydroxylation sites is 2. The Balaban J connectivity index is 2.01. The quantitative estimate of drug-likeness (QED) is 0.399. The summed E-state index contributed by atoms with van der Waals surface area (Å²) in [7, 11) is 0. The molecule has 9 heteroatoms. The molecule has 0 aliphatic carbocycles. The number of phenolic OH excluding ortho intramolecular Hbond substituents is 1. The molecule has 0 saturated carbocycles. The van der Waals surface area contributed by atoms with Crippen LogP contribution in [-0.2, 0) is 0 Å². The van der Waals surface area contributed by atoms with Gasteiger partial charge in [-0.2, -0.15) is 0 Å². The van der Waals surface area contributed by atoms with Gasteiger partial charge in [0.15, 0.2) is 4.96 Å². The molecule has 0 atom stereocenters. The SMILES string of the molecule is O=c1/c(=C/c2cc(Br)cc([N+](=O)[O-])c2O)sc2nc3ccccc3n12. The number of rotatable bonds is 2. The van der Waals surface area contributed by atoms with E-state index in [-0.39, 0.29) is 11.1 Å². The minimum Gasteiger partial charge on any atom is -0.502 e. The normalized spacial score (nSPS) is 12.3. The van der Waals surface area contributed by atoms with Gasteiger partial charge in [0.2, 0.25) is 5.75 Å². The monoisotopic (exact) mass is 417 g/mol. The van der Waals surface area contributed by atoms with Crippen molar-refractivity contribution in [1.82, 2.24) is 9.38 Å². The third kappa shape index (κ3) is 2.48. The second-order valence-electron chi connectivity index (χ2n) is 5.25. The number of nitro groups is 1. The van der Waals surface area contributed by atoms with Crippen LogP contribution in [0.1, 0.15) is 5.56 Å². The van der Waals surface area contributed by atoms with E-state index in [1.165, 1.54) is 22.6 Å². The number of fused-ring (bicyclic) bond motifs is 3. The van der Waals surface area contributed by atoms with Crippen LogP contribution < -0.4 is 10.1 Å². The van der Waals surface area contributed by atoms with E-state index < -0.39 is 16.4 Å². The van der Waals surface area contributed by atoms with Gasteiger partial charge < -0.3 is 5.11 Å². The first kappa shape index (κ1) is 15.7. The van der Waals surface area contributed by atoms with E-state index in [9.17, 15) is 20.0 Å². The van der Waals surface area contributed by atoms with Gasteiger partial charge in [0.05, 0.1) is 20.5 Å². The van der Waals surface area contributed by atoms with E-state index in [1.807, 2.05) is 18.2 Å². The highest BCUT2D eigenvalue weighted by Gasteiger charge is 2.18. The minimum atomic E-state index is -0.676. The van der Waals surface area contributed by atoms with Crippen molar-refractivity contribution in [2.24, 2.45) is 0 Å². The third-order valence-corrected chi connectivity index (χ3v) is 5.14. The molecule has 0 radical (unpaired) electrons. The molecule has 2 heterocycles. The fraction of sp³-hybridized carbons (Fsp3) is 0. The number of hydrogen-bond donors (Lipinski definition) is 1. The van der Waals surface area contributed by atoms with Gasteiger partial charge in [0, 0.05) is 16.1 Å². The molecule has 0 fully saturated rings. The molecule has 2 aromatic carbocycles. The molecule has 0 aliphatic rings. The summed E-state index contributed by atoms with van der Waals surface area (Å²) in [6, 6.07) is 10.0. The number of phenols is 1. The molecule has 4 aromatic rings. The van der Waals surface area contributed by atoms with Crippen molar-refractivity contribution in [3.63, 3.8) is 0 Å². The summed E-state index contributed by atoms with van der Waals surface area (Å²) in [5, 5.41) is 21.1. The van der Waals surface area contributed by atoms with E-state index in [0.717, 1.165) is 16.9 Å². The Labute approximate surface area is 151 Å². The Bertz CT molecular complexity index is 1280. The number of benzene rings is 2. The van der Waals surface area contributed by atoms with Crippen molar-refractivity contribution in [3.05, 3.63) is 71.4 Å². The summed E-state index contributed by atoms with van der Waals surface area (Å²) in [6.07, 6.45) is 1.43. The molecule has 0 amide bonds. The lowest BCUT2D eigenvalue weighted by Crippen LogP contribution is -2.22. The Morgan fingerprint density at radius 2 is 2.08 bits per heavy atom. The predicted molar refractivity (Wildman–Crippen MR) is 98.1 cm³/mol. The smallest absolute Gasteiger partial charge is 0.312 e. The molecule has 0 aliphatic heterocycles. The van der Waals surface area contributed by atoms with Crippen molar-refractivity contribution in [2.75, 3.05) is 0 Å². The van der Waals surface area contributed by atoms with Gasteiger partial charge in [-0.05, 0) is 24.3 Å². The van der Waals surface area contributed by atoms with Crippen LogP contribution in [0.25, 0.3) is 22.1 Å². The van der Waals surface area contributed by atoms with Gasteiger partial charge in [-0.25, -0.2) is 9.38 Å². The van der Waals surface area contributed by atoms with Crippen molar-refractivity contribution >= 4 is 55.0 Å². The van der Waals surface area contributed by atoms with Crippen molar-refractivity contribution < 1.29 is 10.0 Å². The zero-order valence-electron chi connectivity index (χ0n) is 12.3. The molecule has 0 spiro atoms. The minimum absolute atomic E-state index is 0.187. The van der Waals surface area contributed by atoms with Crippen LogP contribution in [0.4, 0.5) is 5.69 Å². The fourth-order valence-corrected chi connectivity index (χ4v) is 4.05. The summed E-state index contributed by atoms with van der Waals surface area (Å²) in [5.74, 6) is -0.483. The average Bonchev–Trinajstić information content (AvgIpc) is 3.07. The van der Waals surface area contributed by atoms with Crippen molar-refractivity contribution in [3.8, 4) is 5.75 Å². The van der Waals surface area contributed by atoms with Gasteiger partial charge in [-0.1, -0.05) is 39.4 Å². The summed E-state index contributed by atoms with van der Waals surface area (Å²) in [5.41, 5.74) is 0.892. The number of halogens is 1. The summed E-state index contributed by atoms with van der Waals surface area (Å²) in [6.45, 7) is 0. The van der Waals surface area contributed by atoms with Crippen LogP contribution in [-0.4, -0.2) is 19.4 Å². The van der Waals surface area contributed by atoms with E-state index in [2.05, 4.69) is 20.9 Å². The maximum Gasteiger partial charge on any atom is 0.312 e. The van der Waals surface area contributed by atoms with E-state index in [1.54, 1.807) is 6.07 Å². The number of aromatic hydroxyl groups is 1. The molecule has 2 aromatic heterocycles. The standard InChI is InChI=1S/C16H8BrN3O4S/c17-9-5-8(14(21)12(7-9)20(23)24)6-13-15(22)19-11-4-2-1-3-10(11)18-16(19)25-13/h1-7,21H/b13-6-. The number of imidazole rings is 1. The lowest BCUT2D eigenvalue weighted by atomic mass is 10.1. The van der Waals surface area contributed by atoms with Gasteiger partial charge in [0.25, 0.3) is 5.56 Å². The molecular weight excluding hydrogens is 410 g/mol. The molecule has 0 bridgehead atoms. The van der Waals surface area contributed by atoms with Crippen LogP contribution in [0.3, 0.4) is 0 Å². The Hall–Kier alpha value is -2.78. The predicted octanol–water partition coefficient (Wildman–Crippen LogP) is 2.83. The van der Waals surface area contributed by atoms with Crippen molar-refractivity contribution in [1.29, 1.82) is 0 Å². The Morgan fingerprint density at radius 1 is 1.32 bits per heavy atom. The molecule has 0 unspecified atom stereocenters. The highest BCUT2D eigenvalue weighted by Crippen LogP contribution is 2.33. The zero-order valence-corrected chi connectivity index (χ0v) is 14.7. The van der Waals surface area contributed by atoms with Crippen LogP contribution in [0.15, 0.2) is 45.7 Å². The molecule has 0 saturated heterocycles. The lowest BCUT2D eigenvalue weighted by Gasteiger charge is -2.01. The summed E-state index contributed by atoms with van der Waals surface area (Å²) in [4.78, 5) is 28.0. The van der Waals surface area contributed by atoms with E-state index in [0.29, 0.717) is 19.5 Å². The van der Waals surface area contributed by atoms with Gasteiger partial charge in [-0.15, -0.1) is 0 Å². The summed E-state index contributed by atoms with van der Waals surface area (Å²) < 4.78 is 2.26. The van der Waals surface area contributed by atoms with Crippen LogP contribution in [0, 0.1) is 10.1 Å². The number of nitrogens with zero attached hydrogens (tertiary/aromatic N) is 3. The zero-order chi connectivity index (χ0) is 17.7. The van der Waals surface area contributed by atoms with Crippen LogP contribution in [0.2, 0.25) is 0 Å². The van der Waals surface area contributed by atoms with Gasteiger partial charge >= 0.3 is 5.69 Å².